The normalized spacial score (nSPS) is 12.5. The molecule has 2 aromatic rings. The van der Waals surface area contributed by atoms with Crippen molar-refractivity contribution >= 4 is 5.91 Å². The molecule has 0 fully saturated rings. The van der Waals surface area contributed by atoms with Crippen LogP contribution >= 0.6 is 0 Å². The van der Waals surface area contributed by atoms with Crippen molar-refractivity contribution in [2.24, 2.45) is 0 Å². The predicted octanol–water partition coefficient (Wildman–Crippen LogP) is 5.25. The van der Waals surface area contributed by atoms with Crippen LogP contribution in [0.25, 0.3) is 0 Å². The lowest BCUT2D eigenvalue weighted by molar-refractivity contribution is -0.128. The van der Waals surface area contributed by atoms with E-state index in [0.29, 0.717) is 18.7 Å². The van der Waals surface area contributed by atoms with Gasteiger partial charge in [0.1, 0.15) is 11.5 Å². The fourth-order valence-corrected chi connectivity index (χ4v) is 2.82. The molecule has 0 radical (unpaired) electrons. The second-order valence-corrected chi connectivity index (χ2v) is 8.32. The van der Waals surface area contributed by atoms with E-state index in [0.717, 1.165) is 11.3 Å². The minimum atomic E-state index is -0.518. The zero-order chi connectivity index (χ0) is 20.7. The summed E-state index contributed by atoms with van der Waals surface area (Å²) in [6, 6.07) is 15.8. The van der Waals surface area contributed by atoms with Crippen LogP contribution in [0.4, 0.5) is 0 Å². The summed E-state index contributed by atoms with van der Waals surface area (Å²) >= 11 is 0. The first kappa shape index (κ1) is 21.8. The Balaban J connectivity index is 1.94. The molecule has 2 aromatic carbocycles. The number of benzene rings is 2. The van der Waals surface area contributed by atoms with E-state index in [1.165, 1.54) is 5.56 Å². The highest BCUT2D eigenvalue weighted by Crippen LogP contribution is 2.25. The van der Waals surface area contributed by atoms with Crippen LogP contribution < -0.4 is 14.8 Å². The van der Waals surface area contributed by atoms with Gasteiger partial charge in [0.2, 0.25) is 0 Å². The highest BCUT2D eigenvalue weighted by Gasteiger charge is 2.19. The van der Waals surface area contributed by atoms with Crippen LogP contribution in [0.2, 0.25) is 0 Å². The van der Waals surface area contributed by atoms with Crippen molar-refractivity contribution in [3.63, 3.8) is 0 Å². The molecule has 0 saturated carbocycles. The summed E-state index contributed by atoms with van der Waals surface area (Å²) in [7, 11) is 0. The van der Waals surface area contributed by atoms with E-state index in [4.69, 9.17) is 9.47 Å². The van der Waals surface area contributed by atoms with Crippen molar-refractivity contribution in [1.82, 2.24) is 5.32 Å². The van der Waals surface area contributed by atoms with Gasteiger partial charge in [0, 0.05) is 6.54 Å². The average Bonchev–Trinajstić information content (AvgIpc) is 2.63. The maximum atomic E-state index is 12.6. The second kappa shape index (κ2) is 9.63. The summed E-state index contributed by atoms with van der Waals surface area (Å²) in [5.41, 5.74) is 2.32. The lowest BCUT2D eigenvalue weighted by atomic mass is 9.87. The topological polar surface area (TPSA) is 47.6 Å². The number of ether oxygens (including phenoxy) is 2. The Morgan fingerprint density at radius 3 is 2.25 bits per heavy atom. The Bertz CT molecular complexity index is 760. The van der Waals surface area contributed by atoms with Crippen LogP contribution in [0.5, 0.6) is 11.5 Å². The quantitative estimate of drug-likeness (QED) is 0.678. The van der Waals surface area contributed by atoms with Crippen LogP contribution in [0, 0.1) is 0 Å². The first-order valence-corrected chi connectivity index (χ1v) is 9.99. The van der Waals surface area contributed by atoms with Gasteiger partial charge in [0.05, 0.1) is 6.10 Å². The lowest BCUT2D eigenvalue weighted by Gasteiger charge is -2.21. The van der Waals surface area contributed by atoms with Crippen molar-refractivity contribution in [1.29, 1.82) is 0 Å². The predicted molar refractivity (Wildman–Crippen MR) is 114 cm³/mol. The van der Waals surface area contributed by atoms with Gasteiger partial charge in [-0.2, -0.15) is 0 Å². The molecular weight excluding hydrogens is 350 g/mol. The summed E-state index contributed by atoms with van der Waals surface area (Å²) in [6.45, 7) is 12.9. The molecule has 4 nitrogen and oxygen atoms in total. The Labute approximate surface area is 169 Å². The molecule has 1 N–H and O–H groups in total. The number of amides is 1. The van der Waals surface area contributed by atoms with E-state index < -0.39 is 6.10 Å². The SMILES string of the molecule is CC[C@H](Oc1ccc(C(C)(C)C)cc1)C(=O)NCc1cccc(OC(C)C)c1. The van der Waals surface area contributed by atoms with Crippen LogP contribution in [-0.2, 0) is 16.8 Å². The third-order valence-corrected chi connectivity index (χ3v) is 4.40. The fraction of sp³-hybridized carbons (Fsp3) is 0.458. The maximum Gasteiger partial charge on any atom is 0.261 e. The van der Waals surface area contributed by atoms with Crippen molar-refractivity contribution in [2.75, 3.05) is 0 Å². The minimum absolute atomic E-state index is 0.0912. The number of rotatable bonds is 8. The molecule has 28 heavy (non-hydrogen) atoms. The molecule has 0 aliphatic heterocycles. The molecule has 0 heterocycles. The highest BCUT2D eigenvalue weighted by atomic mass is 16.5. The Kier molecular flexibility index (Phi) is 7.50. The molecule has 152 valence electrons. The Morgan fingerprint density at radius 1 is 1.00 bits per heavy atom. The Hall–Kier alpha value is -2.49. The molecule has 0 spiro atoms. The number of carbonyl (C=O) groups is 1. The number of hydrogen-bond donors (Lipinski definition) is 1. The largest absolute Gasteiger partial charge is 0.491 e. The third kappa shape index (κ3) is 6.59. The first-order chi connectivity index (χ1) is 13.2. The van der Waals surface area contributed by atoms with Crippen molar-refractivity contribution in [3.05, 3.63) is 59.7 Å². The molecule has 0 saturated heterocycles. The maximum absolute atomic E-state index is 12.6. The average molecular weight is 384 g/mol. The third-order valence-electron chi connectivity index (χ3n) is 4.40. The van der Waals surface area contributed by atoms with E-state index >= 15 is 0 Å². The number of nitrogens with one attached hydrogen (secondary N) is 1. The number of carbonyl (C=O) groups excluding carboxylic acids is 1. The van der Waals surface area contributed by atoms with Gasteiger partial charge in [-0.1, -0.05) is 52.0 Å². The van der Waals surface area contributed by atoms with Gasteiger partial charge in [-0.05, 0) is 61.1 Å². The van der Waals surface area contributed by atoms with Crippen molar-refractivity contribution in [3.8, 4) is 11.5 Å². The summed E-state index contributed by atoms with van der Waals surface area (Å²) in [6.07, 6.45) is 0.201. The van der Waals surface area contributed by atoms with E-state index in [1.807, 2.05) is 57.2 Å². The molecule has 0 unspecified atom stereocenters. The minimum Gasteiger partial charge on any atom is -0.491 e. The standard InChI is InChI=1S/C24H33NO3/c1-7-22(28-20-13-11-19(12-14-20)24(4,5)6)23(26)25-16-18-9-8-10-21(15-18)27-17(2)3/h8-15,17,22H,7,16H2,1-6H3,(H,25,26)/t22-/m0/s1. The molecule has 0 aliphatic carbocycles. The summed E-state index contributed by atoms with van der Waals surface area (Å²) in [5.74, 6) is 1.41. The summed E-state index contributed by atoms with van der Waals surface area (Å²) < 4.78 is 11.6. The van der Waals surface area contributed by atoms with Gasteiger partial charge in [0.25, 0.3) is 5.91 Å². The molecular formula is C24H33NO3. The highest BCUT2D eigenvalue weighted by molar-refractivity contribution is 5.81. The van der Waals surface area contributed by atoms with Gasteiger partial charge < -0.3 is 14.8 Å². The van der Waals surface area contributed by atoms with E-state index in [1.54, 1.807) is 0 Å². The zero-order valence-corrected chi connectivity index (χ0v) is 17.9. The zero-order valence-electron chi connectivity index (χ0n) is 17.9. The second-order valence-electron chi connectivity index (χ2n) is 8.32. The number of hydrogen-bond acceptors (Lipinski definition) is 3. The first-order valence-electron chi connectivity index (χ1n) is 9.99. The van der Waals surface area contributed by atoms with Crippen LogP contribution in [-0.4, -0.2) is 18.1 Å². The van der Waals surface area contributed by atoms with Gasteiger partial charge in [0.15, 0.2) is 6.10 Å². The molecule has 0 aromatic heterocycles. The molecule has 2 rings (SSSR count). The van der Waals surface area contributed by atoms with Gasteiger partial charge in [-0.15, -0.1) is 0 Å². The molecule has 0 bridgehead atoms. The van der Waals surface area contributed by atoms with Gasteiger partial charge in [-0.3, -0.25) is 4.79 Å². The van der Waals surface area contributed by atoms with Crippen molar-refractivity contribution in [2.45, 2.75) is 72.1 Å². The molecule has 1 atom stereocenters. The van der Waals surface area contributed by atoms with E-state index in [-0.39, 0.29) is 17.4 Å². The van der Waals surface area contributed by atoms with Crippen molar-refractivity contribution < 1.29 is 14.3 Å². The van der Waals surface area contributed by atoms with Crippen LogP contribution in [0.3, 0.4) is 0 Å². The lowest BCUT2D eigenvalue weighted by Crippen LogP contribution is -2.37. The molecule has 4 heteroatoms. The molecule has 0 aliphatic rings. The summed E-state index contributed by atoms with van der Waals surface area (Å²) in [5, 5.41) is 2.97. The summed E-state index contributed by atoms with van der Waals surface area (Å²) in [4.78, 5) is 12.6. The monoisotopic (exact) mass is 383 g/mol. The fourth-order valence-electron chi connectivity index (χ4n) is 2.82. The van der Waals surface area contributed by atoms with Crippen LogP contribution in [0.1, 0.15) is 59.1 Å². The smallest absolute Gasteiger partial charge is 0.261 e. The van der Waals surface area contributed by atoms with Gasteiger partial charge >= 0.3 is 0 Å². The van der Waals surface area contributed by atoms with E-state index in [2.05, 4.69) is 38.2 Å². The molecule has 1 amide bonds. The van der Waals surface area contributed by atoms with E-state index in [9.17, 15) is 4.79 Å². The Morgan fingerprint density at radius 2 is 1.68 bits per heavy atom. The van der Waals surface area contributed by atoms with Crippen LogP contribution in [0.15, 0.2) is 48.5 Å². The van der Waals surface area contributed by atoms with Gasteiger partial charge in [-0.25, -0.2) is 0 Å².